The van der Waals surface area contributed by atoms with E-state index in [1.165, 1.54) is 6.07 Å². The second-order valence-electron chi connectivity index (χ2n) is 6.29. The van der Waals surface area contributed by atoms with Crippen LogP contribution in [0.1, 0.15) is 20.8 Å². The highest BCUT2D eigenvalue weighted by Crippen LogP contribution is 2.20. The van der Waals surface area contributed by atoms with Crippen LogP contribution in [0.5, 0.6) is 0 Å². The summed E-state index contributed by atoms with van der Waals surface area (Å²) >= 11 is 0. The smallest absolute Gasteiger partial charge is 0.237 e. The first-order valence-corrected chi connectivity index (χ1v) is 8.00. The van der Waals surface area contributed by atoms with Crippen LogP contribution >= 0.6 is 0 Å². The minimum absolute atomic E-state index is 0.0769. The number of benzene rings is 1. The molecule has 0 aromatic heterocycles. The Balaban J connectivity index is 1.86. The summed E-state index contributed by atoms with van der Waals surface area (Å²) in [5.41, 5.74) is 0.652. The lowest BCUT2D eigenvalue weighted by atomic mass is 10.1. The van der Waals surface area contributed by atoms with Gasteiger partial charge in [0.05, 0.1) is 11.7 Å². The summed E-state index contributed by atoms with van der Waals surface area (Å²) in [4.78, 5) is 16.3. The van der Waals surface area contributed by atoms with Crippen molar-refractivity contribution in [3.63, 3.8) is 0 Å². The maximum Gasteiger partial charge on any atom is 0.237 e. The van der Waals surface area contributed by atoms with Gasteiger partial charge in [-0.25, -0.2) is 4.39 Å². The van der Waals surface area contributed by atoms with Gasteiger partial charge in [0, 0.05) is 32.7 Å². The fraction of sp³-hybridized carbons (Fsp3) is 0.588. The SMILES string of the molecule is CC(C)CNC(=O)C(C)N1CCN(c2ccccc2F)CC1. The van der Waals surface area contributed by atoms with E-state index in [0.29, 0.717) is 18.2 Å². The van der Waals surface area contributed by atoms with Gasteiger partial charge in [-0.05, 0) is 25.0 Å². The number of halogens is 1. The van der Waals surface area contributed by atoms with Gasteiger partial charge in [0.15, 0.2) is 0 Å². The molecule has 0 radical (unpaired) electrons. The number of amides is 1. The predicted octanol–water partition coefficient (Wildman–Crippen LogP) is 2.11. The number of carbonyl (C=O) groups is 1. The van der Waals surface area contributed by atoms with E-state index in [9.17, 15) is 9.18 Å². The minimum Gasteiger partial charge on any atom is -0.367 e. The lowest BCUT2D eigenvalue weighted by Crippen LogP contribution is -2.54. The Morgan fingerprint density at radius 1 is 1.18 bits per heavy atom. The summed E-state index contributed by atoms with van der Waals surface area (Å²) in [6, 6.07) is 6.72. The maximum atomic E-state index is 13.8. The van der Waals surface area contributed by atoms with Gasteiger partial charge in [-0.15, -0.1) is 0 Å². The van der Waals surface area contributed by atoms with Crippen molar-refractivity contribution in [2.24, 2.45) is 5.92 Å². The molecule has 5 heteroatoms. The minimum atomic E-state index is -0.182. The number of nitrogens with one attached hydrogen (secondary N) is 1. The molecule has 1 N–H and O–H groups in total. The Hall–Kier alpha value is -1.62. The molecule has 4 nitrogen and oxygen atoms in total. The number of rotatable bonds is 5. The van der Waals surface area contributed by atoms with E-state index in [1.807, 2.05) is 24.0 Å². The first-order valence-electron chi connectivity index (χ1n) is 8.00. The third-order valence-electron chi connectivity index (χ3n) is 4.12. The number of nitrogens with zero attached hydrogens (tertiary/aromatic N) is 2. The van der Waals surface area contributed by atoms with Gasteiger partial charge in [0.25, 0.3) is 0 Å². The molecule has 1 unspecified atom stereocenters. The molecule has 1 aromatic carbocycles. The van der Waals surface area contributed by atoms with Crippen LogP contribution in [-0.2, 0) is 4.79 Å². The molecule has 1 saturated heterocycles. The molecule has 1 aromatic rings. The summed E-state index contributed by atoms with van der Waals surface area (Å²) in [6.45, 7) is 9.82. The highest BCUT2D eigenvalue weighted by Gasteiger charge is 2.26. The second kappa shape index (κ2) is 7.58. The van der Waals surface area contributed by atoms with Crippen molar-refractivity contribution in [2.45, 2.75) is 26.8 Å². The molecule has 0 spiro atoms. The van der Waals surface area contributed by atoms with Gasteiger partial charge in [0.2, 0.25) is 5.91 Å². The van der Waals surface area contributed by atoms with E-state index in [-0.39, 0.29) is 17.8 Å². The predicted molar refractivity (Wildman–Crippen MR) is 87.5 cm³/mol. The molecule has 0 saturated carbocycles. The molecule has 122 valence electrons. The number of anilines is 1. The quantitative estimate of drug-likeness (QED) is 0.905. The molecule has 0 aliphatic carbocycles. The van der Waals surface area contributed by atoms with E-state index in [1.54, 1.807) is 6.07 Å². The molecule has 1 heterocycles. The zero-order valence-electron chi connectivity index (χ0n) is 13.7. The van der Waals surface area contributed by atoms with Crippen LogP contribution in [0.2, 0.25) is 0 Å². The first kappa shape index (κ1) is 16.7. The first-order chi connectivity index (χ1) is 10.5. The average Bonchev–Trinajstić information content (AvgIpc) is 2.52. The summed E-state index contributed by atoms with van der Waals surface area (Å²) in [7, 11) is 0. The maximum absolute atomic E-state index is 13.8. The van der Waals surface area contributed by atoms with Gasteiger partial charge in [-0.3, -0.25) is 9.69 Å². The summed E-state index contributed by atoms with van der Waals surface area (Å²) < 4.78 is 13.8. The van der Waals surface area contributed by atoms with Crippen LogP contribution < -0.4 is 10.2 Å². The molecule has 1 aliphatic heterocycles. The molecule has 1 atom stereocenters. The van der Waals surface area contributed by atoms with Gasteiger partial charge in [0.1, 0.15) is 5.82 Å². The van der Waals surface area contributed by atoms with Crippen LogP contribution in [0.15, 0.2) is 24.3 Å². The van der Waals surface area contributed by atoms with Crippen molar-refractivity contribution in [3.8, 4) is 0 Å². The Labute approximate surface area is 132 Å². The monoisotopic (exact) mass is 307 g/mol. The van der Waals surface area contributed by atoms with E-state index in [0.717, 1.165) is 26.2 Å². The summed E-state index contributed by atoms with van der Waals surface area (Å²) in [5.74, 6) is 0.348. The number of piperazine rings is 1. The van der Waals surface area contributed by atoms with E-state index in [4.69, 9.17) is 0 Å². The highest BCUT2D eigenvalue weighted by molar-refractivity contribution is 5.81. The van der Waals surface area contributed by atoms with Crippen molar-refractivity contribution in [2.75, 3.05) is 37.6 Å². The number of hydrogen-bond acceptors (Lipinski definition) is 3. The zero-order valence-corrected chi connectivity index (χ0v) is 13.7. The Morgan fingerprint density at radius 3 is 2.41 bits per heavy atom. The fourth-order valence-electron chi connectivity index (χ4n) is 2.68. The van der Waals surface area contributed by atoms with Crippen LogP contribution in [0.3, 0.4) is 0 Å². The van der Waals surface area contributed by atoms with Crippen molar-refractivity contribution in [1.29, 1.82) is 0 Å². The van der Waals surface area contributed by atoms with Gasteiger partial charge >= 0.3 is 0 Å². The fourth-order valence-corrected chi connectivity index (χ4v) is 2.68. The number of hydrogen-bond donors (Lipinski definition) is 1. The van der Waals surface area contributed by atoms with Crippen LogP contribution in [0.4, 0.5) is 10.1 Å². The molecule has 2 rings (SSSR count). The second-order valence-corrected chi connectivity index (χ2v) is 6.29. The van der Waals surface area contributed by atoms with E-state index < -0.39 is 0 Å². The summed E-state index contributed by atoms with van der Waals surface area (Å²) in [6.07, 6.45) is 0. The Morgan fingerprint density at radius 2 is 1.82 bits per heavy atom. The zero-order chi connectivity index (χ0) is 16.1. The van der Waals surface area contributed by atoms with Crippen LogP contribution in [0, 0.1) is 11.7 Å². The normalized spacial score (nSPS) is 17.6. The van der Waals surface area contributed by atoms with Crippen molar-refractivity contribution in [3.05, 3.63) is 30.1 Å². The van der Waals surface area contributed by atoms with Crippen molar-refractivity contribution < 1.29 is 9.18 Å². The van der Waals surface area contributed by atoms with Gasteiger partial charge in [-0.1, -0.05) is 26.0 Å². The molecule has 22 heavy (non-hydrogen) atoms. The Kier molecular flexibility index (Phi) is 5.77. The van der Waals surface area contributed by atoms with Crippen LogP contribution in [-0.4, -0.2) is 49.6 Å². The molecule has 0 bridgehead atoms. The van der Waals surface area contributed by atoms with E-state index in [2.05, 4.69) is 24.1 Å². The summed E-state index contributed by atoms with van der Waals surface area (Å²) in [5, 5.41) is 2.98. The lowest BCUT2D eigenvalue weighted by molar-refractivity contribution is -0.126. The van der Waals surface area contributed by atoms with Crippen LogP contribution in [0.25, 0.3) is 0 Å². The molecular formula is C17H26FN3O. The van der Waals surface area contributed by atoms with Gasteiger partial charge < -0.3 is 10.2 Å². The third kappa shape index (κ3) is 4.19. The number of para-hydroxylation sites is 1. The van der Waals surface area contributed by atoms with Gasteiger partial charge in [-0.2, -0.15) is 0 Å². The molecule has 1 fully saturated rings. The molecular weight excluding hydrogens is 281 g/mol. The Bertz CT molecular complexity index is 498. The number of carbonyl (C=O) groups excluding carboxylic acids is 1. The highest BCUT2D eigenvalue weighted by atomic mass is 19.1. The molecule has 1 aliphatic rings. The van der Waals surface area contributed by atoms with Crippen molar-refractivity contribution >= 4 is 11.6 Å². The van der Waals surface area contributed by atoms with E-state index >= 15 is 0 Å². The lowest BCUT2D eigenvalue weighted by Gasteiger charge is -2.38. The standard InChI is InChI=1S/C17H26FN3O/c1-13(2)12-19-17(22)14(3)20-8-10-21(11-9-20)16-7-5-4-6-15(16)18/h4-7,13-14H,8-12H2,1-3H3,(H,19,22). The largest absolute Gasteiger partial charge is 0.367 e. The third-order valence-corrected chi connectivity index (χ3v) is 4.12. The topological polar surface area (TPSA) is 35.6 Å². The van der Waals surface area contributed by atoms with Crippen molar-refractivity contribution in [1.82, 2.24) is 10.2 Å². The average molecular weight is 307 g/mol. The molecule has 1 amide bonds.